The van der Waals surface area contributed by atoms with Gasteiger partial charge in [0.1, 0.15) is 17.7 Å². The normalized spacial score (nSPS) is 22.3. The van der Waals surface area contributed by atoms with Gasteiger partial charge in [-0.1, -0.05) is 0 Å². The summed E-state index contributed by atoms with van der Waals surface area (Å²) >= 11 is 0. The molecule has 1 atom stereocenters. The summed E-state index contributed by atoms with van der Waals surface area (Å²) < 4.78 is 32.9. The van der Waals surface area contributed by atoms with Crippen LogP contribution in [0.3, 0.4) is 0 Å². The number of phenols is 1. The number of anilines is 1. The third-order valence-electron chi connectivity index (χ3n) is 6.23. The predicted molar refractivity (Wildman–Crippen MR) is 118 cm³/mol. The Labute approximate surface area is 189 Å². The number of rotatable bonds is 6. The molecule has 1 aliphatic heterocycles. The summed E-state index contributed by atoms with van der Waals surface area (Å²) in [6.45, 7) is 1.61. The molecule has 0 amide bonds. The minimum atomic E-state index is -0.669. The summed E-state index contributed by atoms with van der Waals surface area (Å²) in [5, 5.41) is 30.1. The second-order valence-corrected chi connectivity index (χ2v) is 8.48. The van der Waals surface area contributed by atoms with E-state index in [1.165, 1.54) is 31.5 Å². The number of halogens is 2. The topological polar surface area (TPSA) is 96.3 Å². The van der Waals surface area contributed by atoms with Crippen molar-refractivity contribution in [3.63, 3.8) is 0 Å². The van der Waals surface area contributed by atoms with E-state index in [1.54, 1.807) is 6.07 Å². The number of aromatic nitrogens is 4. The minimum Gasteiger partial charge on any atom is -0.507 e. The monoisotopic (exact) mass is 454 g/mol. The lowest BCUT2D eigenvalue weighted by atomic mass is 9.90. The zero-order valence-corrected chi connectivity index (χ0v) is 18.1. The van der Waals surface area contributed by atoms with Gasteiger partial charge in [-0.15, -0.1) is 15.3 Å². The second-order valence-electron chi connectivity index (χ2n) is 8.48. The molecular formula is C23H24F2N6O2. The Morgan fingerprint density at radius 1 is 1.09 bits per heavy atom. The Bertz CT molecular complexity index is 1140. The highest BCUT2D eigenvalue weighted by molar-refractivity contribution is 5.75. The second kappa shape index (κ2) is 8.86. The van der Waals surface area contributed by atoms with E-state index in [0.717, 1.165) is 19.5 Å². The summed E-state index contributed by atoms with van der Waals surface area (Å²) in [5.41, 5.74) is 1.22. The van der Waals surface area contributed by atoms with E-state index in [4.69, 9.17) is 4.74 Å². The number of hydrogen-bond donors (Lipinski definition) is 2. The quantitative estimate of drug-likeness (QED) is 0.587. The number of methoxy groups -OCH3 is 1. The predicted octanol–water partition coefficient (Wildman–Crippen LogP) is 3.12. The number of ether oxygens (including phenoxy) is 1. The lowest BCUT2D eigenvalue weighted by molar-refractivity contribution is 0.148. The van der Waals surface area contributed by atoms with Crippen molar-refractivity contribution in [3.8, 4) is 34.0 Å². The van der Waals surface area contributed by atoms with E-state index in [1.807, 2.05) is 6.07 Å². The van der Waals surface area contributed by atoms with Crippen molar-refractivity contribution < 1.29 is 18.6 Å². The van der Waals surface area contributed by atoms with E-state index in [0.29, 0.717) is 36.0 Å². The van der Waals surface area contributed by atoms with Crippen LogP contribution in [0.2, 0.25) is 0 Å². The molecule has 0 spiro atoms. The number of nitrogens with one attached hydrogen (secondary N) is 1. The molecule has 0 radical (unpaired) electrons. The van der Waals surface area contributed by atoms with Gasteiger partial charge in [-0.3, -0.25) is 0 Å². The molecular weight excluding hydrogens is 430 g/mol. The van der Waals surface area contributed by atoms with Crippen molar-refractivity contribution in [1.82, 2.24) is 25.7 Å². The molecule has 5 rings (SSSR count). The van der Waals surface area contributed by atoms with Crippen LogP contribution in [-0.2, 0) is 0 Å². The SMILES string of the molecule is COc1cc(-c2cc(O)c(-c3ccc(N4CC[C@H](N[C@H]5C[C@@H](F)C5)C4)nn3)cc2F)cnn1. The lowest BCUT2D eigenvalue weighted by Crippen LogP contribution is -2.48. The lowest BCUT2D eigenvalue weighted by Gasteiger charge is -2.33. The molecule has 2 aliphatic rings. The number of phenolic OH excluding ortho intramolecular Hbond substituents is 1. The van der Waals surface area contributed by atoms with E-state index in [2.05, 4.69) is 30.6 Å². The summed E-state index contributed by atoms with van der Waals surface area (Å²) in [5.74, 6) is 0.298. The summed E-state index contributed by atoms with van der Waals surface area (Å²) in [6.07, 6.45) is 2.87. The van der Waals surface area contributed by atoms with Crippen LogP contribution in [0.1, 0.15) is 19.3 Å². The summed E-state index contributed by atoms with van der Waals surface area (Å²) in [6, 6.07) is 8.20. The third kappa shape index (κ3) is 4.43. The molecule has 1 aliphatic carbocycles. The van der Waals surface area contributed by atoms with Crippen molar-refractivity contribution >= 4 is 5.82 Å². The molecule has 3 aromatic rings. The van der Waals surface area contributed by atoms with Crippen LogP contribution in [0.25, 0.3) is 22.4 Å². The average molecular weight is 454 g/mol. The van der Waals surface area contributed by atoms with Crippen LogP contribution in [-0.4, -0.2) is 64.0 Å². The van der Waals surface area contributed by atoms with E-state index in [9.17, 15) is 13.9 Å². The largest absolute Gasteiger partial charge is 0.507 e. The first-order valence-electron chi connectivity index (χ1n) is 10.9. The Kier molecular flexibility index (Phi) is 5.76. The maximum absolute atomic E-state index is 14.9. The molecule has 172 valence electrons. The van der Waals surface area contributed by atoms with E-state index in [-0.39, 0.29) is 28.8 Å². The summed E-state index contributed by atoms with van der Waals surface area (Å²) in [7, 11) is 1.45. The number of hydrogen-bond acceptors (Lipinski definition) is 8. The Balaban J connectivity index is 1.30. The van der Waals surface area contributed by atoms with Gasteiger partial charge in [0.05, 0.1) is 19.0 Å². The van der Waals surface area contributed by atoms with Gasteiger partial charge >= 0.3 is 0 Å². The first kappa shape index (κ1) is 21.4. The molecule has 33 heavy (non-hydrogen) atoms. The fourth-order valence-electron chi connectivity index (χ4n) is 4.34. The molecule has 1 saturated carbocycles. The van der Waals surface area contributed by atoms with Gasteiger partial charge in [-0.2, -0.15) is 5.10 Å². The molecule has 0 unspecified atom stereocenters. The van der Waals surface area contributed by atoms with Gasteiger partial charge in [0.15, 0.2) is 5.82 Å². The van der Waals surface area contributed by atoms with Gasteiger partial charge < -0.3 is 20.1 Å². The number of alkyl halides is 1. The maximum Gasteiger partial charge on any atom is 0.233 e. The van der Waals surface area contributed by atoms with Crippen LogP contribution in [0.4, 0.5) is 14.6 Å². The zero-order valence-electron chi connectivity index (χ0n) is 18.1. The van der Waals surface area contributed by atoms with Crippen molar-refractivity contribution in [2.24, 2.45) is 0 Å². The fraction of sp³-hybridized carbons (Fsp3) is 0.391. The summed E-state index contributed by atoms with van der Waals surface area (Å²) in [4.78, 5) is 2.12. The highest BCUT2D eigenvalue weighted by Crippen LogP contribution is 2.35. The van der Waals surface area contributed by atoms with E-state index < -0.39 is 12.0 Å². The Morgan fingerprint density at radius 2 is 1.94 bits per heavy atom. The van der Waals surface area contributed by atoms with Crippen LogP contribution in [0.15, 0.2) is 36.5 Å². The number of nitrogens with zero attached hydrogens (tertiary/aromatic N) is 5. The van der Waals surface area contributed by atoms with Crippen molar-refractivity contribution in [1.29, 1.82) is 0 Å². The highest BCUT2D eigenvalue weighted by Gasteiger charge is 2.33. The molecule has 1 saturated heterocycles. The third-order valence-corrected chi connectivity index (χ3v) is 6.23. The number of aromatic hydroxyl groups is 1. The van der Waals surface area contributed by atoms with E-state index >= 15 is 0 Å². The smallest absolute Gasteiger partial charge is 0.233 e. The average Bonchev–Trinajstić information content (AvgIpc) is 3.28. The van der Waals surface area contributed by atoms with Gasteiger partial charge in [0.25, 0.3) is 0 Å². The molecule has 0 bridgehead atoms. The van der Waals surface area contributed by atoms with Gasteiger partial charge in [0, 0.05) is 47.9 Å². The molecule has 2 N–H and O–H groups in total. The van der Waals surface area contributed by atoms with Crippen LogP contribution >= 0.6 is 0 Å². The molecule has 8 nitrogen and oxygen atoms in total. The first-order chi connectivity index (χ1) is 16.0. The Morgan fingerprint density at radius 3 is 2.67 bits per heavy atom. The Hall–Kier alpha value is -3.40. The van der Waals surface area contributed by atoms with Crippen molar-refractivity contribution in [3.05, 3.63) is 42.3 Å². The van der Waals surface area contributed by atoms with Gasteiger partial charge in [0.2, 0.25) is 5.88 Å². The van der Waals surface area contributed by atoms with Crippen LogP contribution in [0, 0.1) is 5.82 Å². The van der Waals surface area contributed by atoms with Gasteiger partial charge in [-0.05, 0) is 43.5 Å². The fourth-order valence-corrected chi connectivity index (χ4v) is 4.34. The van der Waals surface area contributed by atoms with Crippen molar-refractivity contribution in [2.75, 3.05) is 25.1 Å². The number of benzene rings is 1. The molecule has 3 heterocycles. The standard InChI is InChI=1S/C23H24F2N6O2/c1-33-23-6-13(11-26-30-23)17-10-21(32)18(9-19(17)25)20-2-3-22(29-28-20)31-5-4-15(12-31)27-16-7-14(24)8-16/h2-3,6,9-11,14-16,27,32H,4-5,7-8,12H2,1H3/t14-,15-,16+/m0/s1. The maximum atomic E-state index is 14.9. The highest BCUT2D eigenvalue weighted by atomic mass is 19.1. The van der Waals surface area contributed by atoms with Crippen molar-refractivity contribution in [2.45, 2.75) is 37.5 Å². The zero-order chi connectivity index (χ0) is 22.9. The molecule has 2 fully saturated rings. The minimum absolute atomic E-state index is 0.124. The molecule has 10 heteroatoms. The van der Waals surface area contributed by atoms with Crippen LogP contribution < -0.4 is 15.0 Å². The first-order valence-corrected chi connectivity index (χ1v) is 10.9. The van der Waals surface area contributed by atoms with Gasteiger partial charge in [-0.25, -0.2) is 8.78 Å². The molecule has 1 aromatic carbocycles. The molecule has 2 aromatic heterocycles. The van der Waals surface area contributed by atoms with Crippen LogP contribution in [0.5, 0.6) is 11.6 Å².